The van der Waals surface area contributed by atoms with Crippen LogP contribution in [0.25, 0.3) is 6.08 Å². The van der Waals surface area contributed by atoms with Crippen LogP contribution in [0.3, 0.4) is 0 Å². The lowest BCUT2D eigenvalue weighted by Crippen LogP contribution is -2.01. The third kappa shape index (κ3) is 5.35. The van der Waals surface area contributed by atoms with Gasteiger partial charge >= 0.3 is 5.97 Å². The van der Waals surface area contributed by atoms with Crippen LogP contribution < -0.4 is 9.47 Å². The second-order valence-corrected chi connectivity index (χ2v) is 6.11. The number of hydrogen-bond acceptors (Lipinski definition) is 7. The maximum atomic E-state index is 12.0. The Morgan fingerprint density at radius 3 is 2.48 bits per heavy atom. The zero-order chi connectivity index (χ0) is 20.6. The summed E-state index contributed by atoms with van der Waals surface area (Å²) in [4.78, 5) is 12.0. The van der Waals surface area contributed by atoms with Crippen LogP contribution in [-0.2, 0) is 22.7 Å². The number of nitrogens with zero attached hydrogens (tertiary/aromatic N) is 3. The highest BCUT2D eigenvalue weighted by molar-refractivity contribution is 5.87. The van der Waals surface area contributed by atoms with E-state index < -0.39 is 5.97 Å². The van der Waals surface area contributed by atoms with Gasteiger partial charge in [-0.15, -0.1) is 5.10 Å². The molecule has 0 amide bonds. The first-order chi connectivity index (χ1) is 14.1. The number of benzene rings is 2. The zero-order valence-corrected chi connectivity index (χ0v) is 16.1. The molecule has 1 aromatic heterocycles. The number of methoxy groups -OCH3 is 2. The van der Waals surface area contributed by atoms with Gasteiger partial charge in [0, 0.05) is 6.08 Å². The van der Waals surface area contributed by atoms with Crippen LogP contribution in [0.1, 0.15) is 16.8 Å². The lowest BCUT2D eigenvalue weighted by Gasteiger charge is -2.09. The van der Waals surface area contributed by atoms with Crippen molar-refractivity contribution in [2.45, 2.75) is 13.2 Å². The van der Waals surface area contributed by atoms with E-state index in [1.807, 2.05) is 30.3 Å². The number of phenols is 1. The molecule has 0 radical (unpaired) electrons. The molecule has 0 aliphatic carbocycles. The fourth-order valence-electron chi connectivity index (χ4n) is 2.62. The van der Waals surface area contributed by atoms with Crippen LogP contribution >= 0.6 is 0 Å². The Hall–Kier alpha value is -3.81. The Morgan fingerprint density at radius 2 is 1.83 bits per heavy atom. The molecule has 2 aromatic carbocycles. The Labute approximate surface area is 168 Å². The zero-order valence-electron chi connectivity index (χ0n) is 16.1. The van der Waals surface area contributed by atoms with Crippen molar-refractivity contribution >= 4 is 12.0 Å². The molecule has 0 fully saturated rings. The molecule has 8 nitrogen and oxygen atoms in total. The molecule has 0 bridgehead atoms. The summed E-state index contributed by atoms with van der Waals surface area (Å²) in [7, 11) is 2.86. The molecule has 3 rings (SSSR count). The number of hydrogen-bond donors (Lipinski definition) is 1. The van der Waals surface area contributed by atoms with E-state index in [1.54, 1.807) is 29.1 Å². The number of aromatic nitrogens is 3. The molecule has 0 spiro atoms. The van der Waals surface area contributed by atoms with Gasteiger partial charge in [0.15, 0.2) is 11.5 Å². The van der Waals surface area contributed by atoms with Crippen molar-refractivity contribution in [3.05, 3.63) is 71.6 Å². The molecule has 0 saturated heterocycles. The van der Waals surface area contributed by atoms with E-state index in [9.17, 15) is 9.90 Å². The first-order valence-electron chi connectivity index (χ1n) is 8.82. The second-order valence-electron chi connectivity index (χ2n) is 6.11. The molecule has 150 valence electrons. The van der Waals surface area contributed by atoms with Gasteiger partial charge in [-0.05, 0) is 29.3 Å². The first kappa shape index (κ1) is 19.9. The molecule has 0 unspecified atom stereocenters. The van der Waals surface area contributed by atoms with E-state index in [4.69, 9.17) is 14.2 Å². The fourth-order valence-corrected chi connectivity index (χ4v) is 2.62. The van der Waals surface area contributed by atoms with Crippen molar-refractivity contribution in [2.24, 2.45) is 0 Å². The topological polar surface area (TPSA) is 95.7 Å². The minimum absolute atomic E-state index is 0.0141. The van der Waals surface area contributed by atoms with Crippen molar-refractivity contribution < 1.29 is 24.1 Å². The SMILES string of the molecule is COc1cc(/C=C/C(=O)OCc2cn(Cc3ccccc3)nn2)cc(OC)c1O. The summed E-state index contributed by atoms with van der Waals surface area (Å²) in [6.45, 7) is 0.604. The van der Waals surface area contributed by atoms with Crippen LogP contribution in [0.2, 0.25) is 0 Å². The minimum Gasteiger partial charge on any atom is -0.502 e. The average Bonchev–Trinajstić information content (AvgIpc) is 3.19. The quantitative estimate of drug-likeness (QED) is 0.463. The highest BCUT2D eigenvalue weighted by atomic mass is 16.5. The van der Waals surface area contributed by atoms with Crippen molar-refractivity contribution in [3.8, 4) is 17.2 Å². The van der Waals surface area contributed by atoms with E-state index in [-0.39, 0.29) is 23.9 Å². The van der Waals surface area contributed by atoms with Crippen LogP contribution in [-0.4, -0.2) is 40.3 Å². The Bertz CT molecular complexity index is 974. The summed E-state index contributed by atoms with van der Waals surface area (Å²) in [5.41, 5.74) is 2.27. The third-order valence-electron chi connectivity index (χ3n) is 4.05. The largest absolute Gasteiger partial charge is 0.502 e. The minimum atomic E-state index is -0.534. The molecule has 0 aliphatic rings. The number of aromatic hydroxyl groups is 1. The molecule has 29 heavy (non-hydrogen) atoms. The van der Waals surface area contributed by atoms with Gasteiger partial charge in [0.1, 0.15) is 12.3 Å². The van der Waals surface area contributed by atoms with Gasteiger partial charge < -0.3 is 19.3 Å². The number of rotatable bonds is 8. The molecular weight excluding hydrogens is 374 g/mol. The Balaban J connectivity index is 1.56. The molecular formula is C21H21N3O5. The van der Waals surface area contributed by atoms with E-state index in [0.29, 0.717) is 17.8 Å². The molecule has 8 heteroatoms. The molecule has 0 atom stereocenters. The van der Waals surface area contributed by atoms with Gasteiger partial charge in [0.2, 0.25) is 5.75 Å². The van der Waals surface area contributed by atoms with Gasteiger partial charge in [0.05, 0.1) is 27.0 Å². The summed E-state index contributed by atoms with van der Waals surface area (Å²) in [5.74, 6) is -0.151. The van der Waals surface area contributed by atoms with E-state index >= 15 is 0 Å². The Kier molecular flexibility index (Phi) is 6.47. The number of carbonyl (C=O) groups is 1. The second kappa shape index (κ2) is 9.41. The first-order valence-corrected chi connectivity index (χ1v) is 8.82. The lowest BCUT2D eigenvalue weighted by atomic mass is 10.1. The summed E-state index contributed by atoms with van der Waals surface area (Å²) >= 11 is 0. The lowest BCUT2D eigenvalue weighted by molar-refractivity contribution is -0.139. The average molecular weight is 395 g/mol. The fraction of sp³-hybridized carbons (Fsp3) is 0.190. The predicted octanol–water partition coefficient (Wildman–Crippen LogP) is 2.81. The maximum absolute atomic E-state index is 12.0. The molecule has 1 heterocycles. The van der Waals surface area contributed by atoms with E-state index in [0.717, 1.165) is 5.56 Å². The van der Waals surface area contributed by atoms with E-state index in [1.165, 1.54) is 20.3 Å². The van der Waals surface area contributed by atoms with Crippen molar-refractivity contribution in [2.75, 3.05) is 14.2 Å². The Morgan fingerprint density at radius 1 is 1.14 bits per heavy atom. The summed E-state index contributed by atoms with van der Waals surface area (Å²) in [5, 5.41) is 18.0. The maximum Gasteiger partial charge on any atom is 0.331 e. The standard InChI is InChI=1S/C21H21N3O5/c1-27-18-10-16(11-19(28-2)21(18)26)8-9-20(25)29-14-17-13-24(23-22-17)12-15-6-4-3-5-7-15/h3-11,13,26H,12,14H2,1-2H3/b9-8+. The molecule has 0 saturated carbocycles. The van der Waals surface area contributed by atoms with Crippen molar-refractivity contribution in [1.29, 1.82) is 0 Å². The molecule has 1 N–H and O–H groups in total. The number of ether oxygens (including phenoxy) is 3. The van der Waals surface area contributed by atoms with E-state index in [2.05, 4.69) is 10.3 Å². The third-order valence-corrected chi connectivity index (χ3v) is 4.05. The summed E-state index contributed by atoms with van der Waals surface area (Å²) in [6, 6.07) is 13.0. The summed E-state index contributed by atoms with van der Waals surface area (Å²) in [6.07, 6.45) is 4.55. The highest BCUT2D eigenvalue weighted by Gasteiger charge is 2.10. The van der Waals surface area contributed by atoms with Crippen LogP contribution in [0.5, 0.6) is 17.2 Å². The normalized spacial score (nSPS) is 10.8. The predicted molar refractivity (Wildman–Crippen MR) is 106 cm³/mol. The van der Waals surface area contributed by atoms with Gasteiger partial charge in [-0.3, -0.25) is 0 Å². The molecule has 3 aromatic rings. The summed E-state index contributed by atoms with van der Waals surface area (Å²) < 4.78 is 17.1. The smallest absolute Gasteiger partial charge is 0.331 e. The van der Waals surface area contributed by atoms with Crippen molar-refractivity contribution in [1.82, 2.24) is 15.0 Å². The number of esters is 1. The van der Waals surface area contributed by atoms with Crippen LogP contribution in [0.15, 0.2) is 54.7 Å². The highest BCUT2D eigenvalue weighted by Crippen LogP contribution is 2.37. The van der Waals surface area contributed by atoms with Gasteiger partial charge in [-0.2, -0.15) is 0 Å². The van der Waals surface area contributed by atoms with Gasteiger partial charge in [0.25, 0.3) is 0 Å². The van der Waals surface area contributed by atoms with Gasteiger partial charge in [-0.1, -0.05) is 35.5 Å². The number of phenolic OH excluding ortho intramolecular Hbond substituents is 1. The van der Waals surface area contributed by atoms with Gasteiger partial charge in [-0.25, -0.2) is 9.48 Å². The molecule has 0 aliphatic heterocycles. The van der Waals surface area contributed by atoms with Crippen LogP contribution in [0.4, 0.5) is 0 Å². The van der Waals surface area contributed by atoms with Crippen LogP contribution in [0, 0.1) is 0 Å². The number of carbonyl (C=O) groups excluding carboxylic acids is 1. The monoisotopic (exact) mass is 395 g/mol. The van der Waals surface area contributed by atoms with Crippen molar-refractivity contribution in [3.63, 3.8) is 0 Å².